The fraction of sp³-hybridized carbons (Fsp3) is 0.500. The van der Waals surface area contributed by atoms with Crippen molar-refractivity contribution in [2.45, 2.75) is 76.7 Å². The topological polar surface area (TPSA) is 82.8 Å². The second-order valence-electron chi connectivity index (χ2n) is 9.72. The van der Waals surface area contributed by atoms with Crippen molar-refractivity contribution in [2.75, 3.05) is 6.61 Å². The second kappa shape index (κ2) is 11.3. The van der Waals surface area contributed by atoms with Gasteiger partial charge in [0.2, 0.25) is 5.91 Å². The maximum atomic E-state index is 12.9. The molecular weight excluding hydrogens is 415 g/mol. The number of carbonyl (C=O) groups excluding carboxylic acids is 1. The first kappa shape index (κ1) is 25.4. The second-order valence-corrected chi connectivity index (χ2v) is 9.72. The molecule has 0 bridgehead atoms. The molecule has 3 N–H and O–H groups in total. The van der Waals surface area contributed by atoms with Gasteiger partial charge >= 0.3 is 7.12 Å². The van der Waals surface area contributed by atoms with Crippen LogP contribution in [-0.2, 0) is 31.9 Å². The van der Waals surface area contributed by atoms with E-state index in [0.29, 0.717) is 6.61 Å². The number of carbonyl (C=O) groups is 1. The monoisotopic (exact) mass is 452 g/mol. The predicted octanol–water partition coefficient (Wildman–Crippen LogP) is 3.67. The molecule has 2 unspecified atom stereocenters. The van der Waals surface area contributed by atoms with Crippen molar-refractivity contribution in [3.8, 4) is 0 Å². The Kier molecular flexibility index (Phi) is 8.71. The highest BCUT2D eigenvalue weighted by Crippen LogP contribution is 2.38. The summed E-state index contributed by atoms with van der Waals surface area (Å²) in [4.78, 5) is 12.9. The minimum atomic E-state index is -0.771. The fourth-order valence-corrected chi connectivity index (χ4v) is 3.74. The predicted molar refractivity (Wildman–Crippen MR) is 131 cm³/mol. The molecule has 1 aliphatic rings. The molecule has 1 saturated heterocycles. The van der Waals surface area contributed by atoms with E-state index in [0.717, 1.165) is 24.8 Å². The van der Waals surface area contributed by atoms with Gasteiger partial charge in [-0.1, -0.05) is 60.7 Å². The van der Waals surface area contributed by atoms with Gasteiger partial charge in [-0.3, -0.25) is 4.79 Å². The van der Waals surface area contributed by atoms with E-state index in [4.69, 9.17) is 19.8 Å². The molecule has 0 aliphatic carbocycles. The molecule has 7 heteroatoms. The summed E-state index contributed by atoms with van der Waals surface area (Å²) in [6.45, 7) is 8.61. The number of nitrogens with two attached hydrogens (primary N) is 1. The summed E-state index contributed by atoms with van der Waals surface area (Å²) in [6, 6.07) is 19.4. The van der Waals surface area contributed by atoms with E-state index in [-0.39, 0.29) is 18.5 Å². The smallest absolute Gasteiger partial charge is 0.402 e. The average Bonchev–Trinajstić information content (AvgIpc) is 3.01. The highest BCUT2D eigenvalue weighted by atomic mass is 16.7. The van der Waals surface area contributed by atoms with Crippen molar-refractivity contribution in [1.29, 1.82) is 0 Å². The minimum Gasteiger partial charge on any atom is -0.402 e. The third-order valence-corrected chi connectivity index (χ3v) is 6.50. The zero-order valence-electron chi connectivity index (χ0n) is 20.3. The number of rotatable bonds is 11. The summed E-state index contributed by atoms with van der Waals surface area (Å²) in [7, 11) is -0.535. The van der Waals surface area contributed by atoms with Crippen LogP contribution in [0.3, 0.4) is 0 Å². The Balaban J connectivity index is 1.57. The molecule has 1 fully saturated rings. The number of amides is 1. The maximum Gasteiger partial charge on any atom is 0.481 e. The zero-order chi connectivity index (χ0) is 23.9. The summed E-state index contributed by atoms with van der Waals surface area (Å²) < 4.78 is 18.1. The molecule has 1 heterocycles. The van der Waals surface area contributed by atoms with Crippen molar-refractivity contribution in [1.82, 2.24) is 5.32 Å². The van der Waals surface area contributed by atoms with Crippen molar-refractivity contribution in [2.24, 2.45) is 5.73 Å². The first-order valence-corrected chi connectivity index (χ1v) is 11.8. The summed E-state index contributed by atoms with van der Waals surface area (Å²) in [5, 5.41) is 3.08. The standard InChI is InChI=1S/C26H37BN2O4/c1-25(2)26(3,4)33-27(32-25)23(17-11-16-20-12-7-5-8-13-20)29-24(30)22(28)19-31-18-21-14-9-6-10-15-21/h5-10,12-15,22-23H,11,16-19,28H2,1-4H3,(H,29,30). The van der Waals surface area contributed by atoms with Gasteiger partial charge in [-0.15, -0.1) is 0 Å². The Morgan fingerprint density at radius 2 is 1.52 bits per heavy atom. The van der Waals surface area contributed by atoms with E-state index in [1.165, 1.54) is 5.56 Å². The molecule has 0 radical (unpaired) electrons. The molecule has 178 valence electrons. The third-order valence-electron chi connectivity index (χ3n) is 6.50. The number of aryl methyl sites for hydroxylation is 1. The quantitative estimate of drug-likeness (QED) is 0.509. The minimum absolute atomic E-state index is 0.140. The van der Waals surface area contributed by atoms with Crippen LogP contribution in [0.1, 0.15) is 51.7 Å². The van der Waals surface area contributed by atoms with Crippen molar-refractivity contribution in [3.05, 3.63) is 71.8 Å². The Labute approximate surface area is 198 Å². The number of ether oxygens (including phenoxy) is 1. The van der Waals surface area contributed by atoms with Crippen LogP contribution in [-0.4, -0.2) is 42.8 Å². The van der Waals surface area contributed by atoms with Gasteiger partial charge in [-0.2, -0.15) is 0 Å². The highest BCUT2D eigenvalue weighted by molar-refractivity contribution is 6.48. The maximum absolute atomic E-state index is 12.9. The molecule has 0 spiro atoms. The Morgan fingerprint density at radius 1 is 0.970 bits per heavy atom. The first-order valence-electron chi connectivity index (χ1n) is 11.8. The zero-order valence-corrected chi connectivity index (χ0v) is 20.3. The Bertz CT molecular complexity index is 860. The number of nitrogens with one attached hydrogen (secondary N) is 1. The number of benzene rings is 2. The molecule has 2 aromatic carbocycles. The van der Waals surface area contributed by atoms with E-state index < -0.39 is 24.4 Å². The molecule has 1 amide bonds. The van der Waals surface area contributed by atoms with Gasteiger partial charge in [0.1, 0.15) is 6.04 Å². The van der Waals surface area contributed by atoms with Crippen LogP contribution < -0.4 is 11.1 Å². The lowest BCUT2D eigenvalue weighted by Crippen LogP contribution is -2.53. The van der Waals surface area contributed by atoms with Crippen LogP contribution in [0.5, 0.6) is 0 Å². The van der Waals surface area contributed by atoms with Gasteiger partial charge in [0.15, 0.2) is 0 Å². The molecule has 2 atom stereocenters. The fourth-order valence-electron chi connectivity index (χ4n) is 3.74. The Morgan fingerprint density at radius 3 is 2.09 bits per heavy atom. The number of hydrogen-bond acceptors (Lipinski definition) is 5. The highest BCUT2D eigenvalue weighted by Gasteiger charge is 2.54. The summed E-state index contributed by atoms with van der Waals surface area (Å²) in [5.74, 6) is -0.565. The Hall–Kier alpha value is -2.19. The molecule has 33 heavy (non-hydrogen) atoms. The van der Waals surface area contributed by atoms with Crippen LogP contribution in [0.15, 0.2) is 60.7 Å². The van der Waals surface area contributed by atoms with Crippen molar-refractivity contribution < 1.29 is 18.8 Å². The van der Waals surface area contributed by atoms with Gasteiger partial charge in [-0.25, -0.2) is 0 Å². The van der Waals surface area contributed by atoms with Gasteiger partial charge < -0.3 is 25.1 Å². The van der Waals surface area contributed by atoms with Gasteiger partial charge in [0.25, 0.3) is 0 Å². The normalized spacial score (nSPS) is 18.6. The molecule has 0 aromatic heterocycles. The average molecular weight is 452 g/mol. The van der Waals surface area contributed by atoms with Gasteiger partial charge in [-0.05, 0) is 58.1 Å². The molecule has 6 nitrogen and oxygen atoms in total. The molecular formula is C26H37BN2O4. The van der Waals surface area contributed by atoms with Crippen molar-refractivity contribution in [3.63, 3.8) is 0 Å². The third kappa shape index (κ3) is 7.15. The molecule has 1 aliphatic heterocycles. The van der Waals surface area contributed by atoms with Gasteiger partial charge in [0, 0.05) is 0 Å². The lowest BCUT2D eigenvalue weighted by Gasteiger charge is -2.32. The van der Waals surface area contributed by atoms with E-state index in [9.17, 15) is 4.79 Å². The number of hydrogen-bond donors (Lipinski definition) is 2. The van der Waals surface area contributed by atoms with Gasteiger partial charge in [0.05, 0.1) is 30.4 Å². The summed E-state index contributed by atoms with van der Waals surface area (Å²) in [5.41, 5.74) is 7.50. The summed E-state index contributed by atoms with van der Waals surface area (Å²) >= 11 is 0. The van der Waals surface area contributed by atoms with Crippen molar-refractivity contribution >= 4 is 13.0 Å². The van der Waals surface area contributed by atoms with Crippen LogP contribution >= 0.6 is 0 Å². The molecule has 2 aromatic rings. The van der Waals surface area contributed by atoms with Crippen LogP contribution in [0.2, 0.25) is 0 Å². The SMILES string of the molecule is CC1(C)OB(C(CCCc2ccccc2)NC(=O)C(N)COCc2ccccc2)OC1(C)C. The van der Waals surface area contributed by atoms with E-state index >= 15 is 0 Å². The van der Waals surface area contributed by atoms with E-state index in [2.05, 4.69) is 17.4 Å². The first-order chi connectivity index (χ1) is 15.7. The lowest BCUT2D eigenvalue weighted by molar-refractivity contribution is -0.124. The van der Waals surface area contributed by atoms with E-state index in [1.807, 2.05) is 76.2 Å². The van der Waals surface area contributed by atoms with E-state index in [1.54, 1.807) is 0 Å². The largest absolute Gasteiger partial charge is 0.481 e. The lowest BCUT2D eigenvalue weighted by atomic mass is 9.75. The summed E-state index contributed by atoms with van der Waals surface area (Å²) in [6.07, 6.45) is 2.52. The van der Waals surface area contributed by atoms with Crippen LogP contribution in [0.25, 0.3) is 0 Å². The van der Waals surface area contributed by atoms with Crippen LogP contribution in [0.4, 0.5) is 0 Å². The van der Waals surface area contributed by atoms with Crippen LogP contribution in [0, 0.1) is 0 Å². The molecule has 3 rings (SSSR count). The molecule has 0 saturated carbocycles.